The van der Waals surface area contributed by atoms with Crippen molar-refractivity contribution in [1.29, 1.82) is 0 Å². The first kappa shape index (κ1) is 20.7. The first-order chi connectivity index (χ1) is 14.5. The Morgan fingerprint density at radius 1 is 0.933 bits per heavy atom. The van der Waals surface area contributed by atoms with Crippen LogP contribution in [0.1, 0.15) is 27.2 Å². The van der Waals surface area contributed by atoms with Crippen molar-refractivity contribution in [3.63, 3.8) is 0 Å². The maximum absolute atomic E-state index is 13.0. The molecule has 0 aliphatic heterocycles. The van der Waals surface area contributed by atoms with E-state index in [1.165, 1.54) is 11.3 Å². The molecule has 0 fully saturated rings. The highest BCUT2D eigenvalue weighted by Crippen LogP contribution is 2.39. The van der Waals surface area contributed by atoms with Crippen molar-refractivity contribution in [2.45, 2.75) is 19.3 Å². The van der Waals surface area contributed by atoms with E-state index < -0.39 is 0 Å². The van der Waals surface area contributed by atoms with Gasteiger partial charge in [-0.05, 0) is 73.4 Å². The summed E-state index contributed by atoms with van der Waals surface area (Å²) >= 11 is 13.2. The first-order valence-corrected chi connectivity index (χ1v) is 11.0. The summed E-state index contributed by atoms with van der Waals surface area (Å²) in [5.41, 5.74) is 2.19. The molecule has 0 atom stereocenters. The van der Waals surface area contributed by atoms with Crippen LogP contribution in [0.5, 0.6) is 5.75 Å². The molecule has 0 unspecified atom stereocenters. The van der Waals surface area contributed by atoms with E-state index >= 15 is 0 Å². The number of amides is 2. The number of benzene rings is 2. The monoisotopic (exact) mass is 460 g/mol. The Morgan fingerprint density at radius 2 is 1.60 bits per heavy atom. The summed E-state index contributed by atoms with van der Waals surface area (Å²) in [7, 11) is 0. The number of aryl methyl sites for hydroxylation is 1. The van der Waals surface area contributed by atoms with Crippen LogP contribution in [0.25, 0.3) is 0 Å². The van der Waals surface area contributed by atoms with Crippen molar-refractivity contribution in [3.8, 4) is 5.75 Å². The molecular formula is C22H18Cl2N2O3S. The van der Waals surface area contributed by atoms with E-state index in [-0.39, 0.29) is 18.4 Å². The molecule has 1 aliphatic carbocycles. The van der Waals surface area contributed by atoms with Gasteiger partial charge in [0.25, 0.3) is 11.8 Å². The Kier molecular flexibility index (Phi) is 6.27. The number of hydrogen-bond donors (Lipinski definition) is 2. The van der Waals surface area contributed by atoms with E-state index in [4.69, 9.17) is 27.9 Å². The molecule has 154 valence electrons. The lowest BCUT2D eigenvalue weighted by Gasteiger charge is -2.10. The highest BCUT2D eigenvalue weighted by Gasteiger charge is 2.27. The second-order valence-electron chi connectivity index (χ2n) is 6.81. The molecule has 4 rings (SSSR count). The third kappa shape index (κ3) is 4.78. The summed E-state index contributed by atoms with van der Waals surface area (Å²) < 4.78 is 5.50. The van der Waals surface area contributed by atoms with Crippen LogP contribution in [0.15, 0.2) is 48.5 Å². The minimum Gasteiger partial charge on any atom is -0.484 e. The number of anilines is 2. The molecule has 0 radical (unpaired) electrons. The fourth-order valence-corrected chi connectivity index (χ4v) is 4.86. The number of carbonyl (C=O) groups is 2. The first-order valence-electron chi connectivity index (χ1n) is 9.39. The van der Waals surface area contributed by atoms with Crippen molar-refractivity contribution >= 4 is 57.0 Å². The lowest BCUT2D eigenvalue weighted by Crippen LogP contribution is -2.22. The average molecular weight is 461 g/mol. The summed E-state index contributed by atoms with van der Waals surface area (Å²) in [6.07, 6.45) is 2.75. The van der Waals surface area contributed by atoms with E-state index in [1.807, 2.05) is 0 Å². The molecule has 1 aromatic heterocycles. The number of fused-ring (bicyclic) bond motifs is 1. The van der Waals surface area contributed by atoms with Crippen LogP contribution < -0.4 is 15.4 Å². The van der Waals surface area contributed by atoms with Gasteiger partial charge in [-0.3, -0.25) is 9.59 Å². The number of ether oxygens (including phenoxy) is 1. The molecule has 2 amide bonds. The molecular weight excluding hydrogens is 443 g/mol. The van der Waals surface area contributed by atoms with Crippen molar-refractivity contribution in [2.24, 2.45) is 0 Å². The zero-order valence-electron chi connectivity index (χ0n) is 15.8. The zero-order valence-corrected chi connectivity index (χ0v) is 18.2. The summed E-state index contributed by atoms with van der Waals surface area (Å²) in [5.74, 6) is -0.0278. The van der Waals surface area contributed by atoms with Gasteiger partial charge in [0.2, 0.25) is 0 Å². The minimum absolute atomic E-state index is 0.164. The van der Waals surface area contributed by atoms with Crippen molar-refractivity contribution in [2.75, 3.05) is 17.2 Å². The third-order valence-corrected chi connectivity index (χ3v) is 6.40. The van der Waals surface area contributed by atoms with Crippen molar-refractivity contribution in [1.82, 2.24) is 0 Å². The van der Waals surface area contributed by atoms with Gasteiger partial charge < -0.3 is 15.4 Å². The van der Waals surface area contributed by atoms with E-state index in [0.717, 1.165) is 29.7 Å². The van der Waals surface area contributed by atoms with Gasteiger partial charge >= 0.3 is 0 Å². The van der Waals surface area contributed by atoms with Gasteiger partial charge in [-0.15, -0.1) is 11.3 Å². The molecule has 8 heteroatoms. The predicted molar refractivity (Wildman–Crippen MR) is 121 cm³/mol. The number of thiophene rings is 1. The molecule has 5 nitrogen and oxygen atoms in total. The maximum Gasteiger partial charge on any atom is 0.262 e. The summed E-state index contributed by atoms with van der Waals surface area (Å²) in [6.45, 7) is -0.164. The van der Waals surface area contributed by atoms with Gasteiger partial charge in [-0.1, -0.05) is 23.2 Å². The number of hydrogen-bond acceptors (Lipinski definition) is 4. The SMILES string of the molecule is O=C(COc1ccc(Cl)cc1)Nc1sc2c(c1C(=O)Nc1ccc(Cl)cc1)CCC2. The molecule has 0 bridgehead atoms. The second kappa shape index (κ2) is 9.08. The summed E-state index contributed by atoms with van der Waals surface area (Å²) in [4.78, 5) is 26.6. The molecule has 2 aromatic carbocycles. The van der Waals surface area contributed by atoms with E-state index in [1.54, 1.807) is 48.5 Å². The van der Waals surface area contributed by atoms with Gasteiger partial charge in [-0.25, -0.2) is 0 Å². The van der Waals surface area contributed by atoms with Crippen molar-refractivity contribution in [3.05, 3.63) is 74.6 Å². The van der Waals surface area contributed by atoms with Crippen LogP contribution in [0.3, 0.4) is 0 Å². The molecule has 0 saturated carbocycles. The Balaban J connectivity index is 1.47. The van der Waals surface area contributed by atoms with Crippen LogP contribution in [0, 0.1) is 0 Å². The van der Waals surface area contributed by atoms with Crippen LogP contribution >= 0.6 is 34.5 Å². The summed E-state index contributed by atoms with van der Waals surface area (Å²) in [5, 5.41) is 7.48. The van der Waals surface area contributed by atoms with Crippen LogP contribution in [0.2, 0.25) is 10.0 Å². The lowest BCUT2D eigenvalue weighted by atomic mass is 10.1. The quantitative estimate of drug-likeness (QED) is 0.487. The molecule has 30 heavy (non-hydrogen) atoms. The summed E-state index contributed by atoms with van der Waals surface area (Å²) in [6, 6.07) is 13.7. The topological polar surface area (TPSA) is 67.4 Å². The Morgan fingerprint density at radius 3 is 2.30 bits per heavy atom. The number of rotatable bonds is 6. The highest BCUT2D eigenvalue weighted by atomic mass is 35.5. The molecule has 1 heterocycles. The molecule has 1 aliphatic rings. The lowest BCUT2D eigenvalue weighted by molar-refractivity contribution is -0.118. The molecule has 3 aromatic rings. The van der Waals surface area contributed by atoms with E-state index in [2.05, 4.69) is 10.6 Å². The van der Waals surface area contributed by atoms with E-state index in [0.29, 0.717) is 32.0 Å². The number of carbonyl (C=O) groups excluding carboxylic acids is 2. The molecule has 2 N–H and O–H groups in total. The van der Waals surface area contributed by atoms with Gasteiger partial charge in [0.1, 0.15) is 10.8 Å². The fraction of sp³-hybridized carbons (Fsp3) is 0.182. The van der Waals surface area contributed by atoms with E-state index in [9.17, 15) is 9.59 Å². The van der Waals surface area contributed by atoms with Crippen LogP contribution in [-0.2, 0) is 17.6 Å². The van der Waals surface area contributed by atoms with Gasteiger partial charge in [0.15, 0.2) is 6.61 Å². The largest absolute Gasteiger partial charge is 0.484 e. The smallest absolute Gasteiger partial charge is 0.262 e. The number of nitrogens with one attached hydrogen (secondary N) is 2. The van der Waals surface area contributed by atoms with Gasteiger partial charge in [0, 0.05) is 20.6 Å². The standard InChI is InChI=1S/C22H18Cl2N2O3S/c23-13-4-8-15(9-5-13)25-21(28)20-17-2-1-3-18(17)30-22(20)26-19(27)12-29-16-10-6-14(24)7-11-16/h4-11H,1-3,12H2,(H,25,28)(H,26,27). The normalized spacial score (nSPS) is 12.3. The van der Waals surface area contributed by atoms with Gasteiger partial charge in [0.05, 0.1) is 5.56 Å². The van der Waals surface area contributed by atoms with Gasteiger partial charge in [-0.2, -0.15) is 0 Å². The molecule has 0 spiro atoms. The Labute approximate surface area is 188 Å². The molecule has 0 saturated heterocycles. The Hall–Kier alpha value is -2.54. The average Bonchev–Trinajstić information content (AvgIpc) is 3.30. The van der Waals surface area contributed by atoms with Crippen LogP contribution in [-0.4, -0.2) is 18.4 Å². The third-order valence-electron chi connectivity index (χ3n) is 4.69. The fourth-order valence-electron chi connectivity index (χ4n) is 3.30. The zero-order chi connectivity index (χ0) is 21.1. The minimum atomic E-state index is -0.328. The highest BCUT2D eigenvalue weighted by molar-refractivity contribution is 7.17. The van der Waals surface area contributed by atoms with Crippen LogP contribution in [0.4, 0.5) is 10.7 Å². The Bertz CT molecular complexity index is 1080. The second-order valence-corrected chi connectivity index (χ2v) is 8.79. The van der Waals surface area contributed by atoms with Crippen molar-refractivity contribution < 1.29 is 14.3 Å². The maximum atomic E-state index is 13.0. The predicted octanol–water partition coefficient (Wildman–Crippen LogP) is 5.81. The number of halogens is 2.